The number of fused-ring (bicyclic) bond motifs is 1. The van der Waals surface area contributed by atoms with Gasteiger partial charge < -0.3 is 24.7 Å². The van der Waals surface area contributed by atoms with Crippen LogP contribution in [0.1, 0.15) is 80.4 Å². The summed E-state index contributed by atoms with van der Waals surface area (Å²) in [6.07, 6.45) is -0.263. The maximum absolute atomic E-state index is 14.4. The van der Waals surface area contributed by atoms with Crippen molar-refractivity contribution < 1.29 is 38.1 Å². The van der Waals surface area contributed by atoms with Crippen molar-refractivity contribution in [3.05, 3.63) is 39.7 Å². The van der Waals surface area contributed by atoms with E-state index in [9.17, 15) is 33.4 Å². The van der Waals surface area contributed by atoms with Crippen LogP contribution in [0.5, 0.6) is 5.75 Å². The number of aliphatic carboxylic acids is 1. The summed E-state index contributed by atoms with van der Waals surface area (Å²) in [4.78, 5) is 43.4. The highest BCUT2D eigenvalue weighted by atomic mass is 35.5. The highest BCUT2D eigenvalue weighted by Crippen LogP contribution is 2.54. The van der Waals surface area contributed by atoms with Crippen LogP contribution in [0.3, 0.4) is 0 Å². The van der Waals surface area contributed by atoms with Gasteiger partial charge in [0.1, 0.15) is 29.2 Å². The third-order valence-electron chi connectivity index (χ3n) is 10.3. The summed E-state index contributed by atoms with van der Waals surface area (Å²) in [5.41, 5.74) is -0.869. The first-order chi connectivity index (χ1) is 20.9. The molecule has 0 radical (unpaired) electrons. The molecule has 238 valence electrons. The van der Waals surface area contributed by atoms with Gasteiger partial charge in [0.2, 0.25) is 11.8 Å². The number of amides is 2. The maximum Gasteiger partial charge on any atom is 0.312 e. The number of ether oxygens (including phenoxy) is 1. The molecule has 4 aliphatic rings. The predicted octanol–water partition coefficient (Wildman–Crippen LogP) is 3.68. The van der Waals surface area contributed by atoms with E-state index in [1.807, 2.05) is 0 Å². The molecule has 44 heavy (non-hydrogen) atoms. The number of aliphatic hydroxyl groups excluding tert-OH is 1. The molecule has 3 fully saturated rings. The van der Waals surface area contributed by atoms with Gasteiger partial charge >= 0.3 is 5.97 Å². The minimum absolute atomic E-state index is 0.0175. The summed E-state index contributed by atoms with van der Waals surface area (Å²) in [5.74, 6) is -2.37. The number of aromatic nitrogens is 3. The highest BCUT2D eigenvalue weighted by Gasteiger charge is 2.56. The summed E-state index contributed by atoms with van der Waals surface area (Å²) in [5, 5.41) is 28.9. The number of hydrogen-bond donors (Lipinski definition) is 2. The Balaban J connectivity index is 1.39. The SMILES string of the molecule is Cn1nnc(COc2ccc(Cl)c3c2[C@@H](CN2CC4(CC4)CC2=O)N(C(=O)[C@@H]2CCC[C@H](O)[C@]2(C)C(=O)O)CC3)c1C(F)F. The van der Waals surface area contributed by atoms with Gasteiger partial charge in [0, 0.05) is 43.7 Å². The number of carbonyl (C=O) groups is 3. The van der Waals surface area contributed by atoms with E-state index in [0.29, 0.717) is 54.1 Å². The highest BCUT2D eigenvalue weighted by molar-refractivity contribution is 6.31. The molecule has 2 aromatic rings. The van der Waals surface area contributed by atoms with Gasteiger partial charge in [-0.3, -0.25) is 14.4 Å². The van der Waals surface area contributed by atoms with Gasteiger partial charge in [-0.15, -0.1) is 5.10 Å². The molecule has 0 unspecified atom stereocenters. The fraction of sp³-hybridized carbons (Fsp3) is 0.633. The molecule has 1 aromatic carbocycles. The van der Waals surface area contributed by atoms with Crippen LogP contribution in [-0.2, 0) is 34.5 Å². The largest absolute Gasteiger partial charge is 0.487 e. The molecule has 2 aliphatic carbocycles. The second-order valence-corrected chi connectivity index (χ2v) is 13.3. The van der Waals surface area contributed by atoms with Gasteiger partial charge in [0.15, 0.2) is 0 Å². The second kappa shape index (κ2) is 11.2. The van der Waals surface area contributed by atoms with Crippen LogP contribution in [0.15, 0.2) is 12.1 Å². The Hall–Kier alpha value is -3.32. The van der Waals surface area contributed by atoms with Gasteiger partial charge in [0.05, 0.1) is 18.1 Å². The van der Waals surface area contributed by atoms with Crippen LogP contribution < -0.4 is 4.74 Å². The normalized spacial score (nSPS) is 27.6. The van der Waals surface area contributed by atoms with E-state index < -0.39 is 41.8 Å². The molecule has 11 nitrogen and oxygen atoms in total. The lowest BCUT2D eigenvalue weighted by Crippen LogP contribution is -2.56. The summed E-state index contributed by atoms with van der Waals surface area (Å²) < 4.78 is 34.5. The number of halogens is 3. The summed E-state index contributed by atoms with van der Waals surface area (Å²) in [6, 6.07) is 2.51. The molecule has 3 heterocycles. The summed E-state index contributed by atoms with van der Waals surface area (Å²) in [7, 11) is 1.37. The fourth-order valence-corrected chi connectivity index (χ4v) is 7.63. The maximum atomic E-state index is 14.4. The van der Waals surface area contributed by atoms with Gasteiger partial charge in [-0.25, -0.2) is 13.5 Å². The molecule has 14 heteroatoms. The van der Waals surface area contributed by atoms with Crippen molar-refractivity contribution in [2.24, 2.45) is 23.8 Å². The monoisotopic (exact) mass is 635 g/mol. The molecule has 2 N–H and O–H groups in total. The van der Waals surface area contributed by atoms with Crippen molar-refractivity contribution in [1.82, 2.24) is 24.8 Å². The van der Waals surface area contributed by atoms with Crippen molar-refractivity contribution in [1.29, 1.82) is 0 Å². The molecule has 1 spiro atoms. The molecule has 1 aromatic heterocycles. The van der Waals surface area contributed by atoms with Crippen molar-refractivity contribution >= 4 is 29.4 Å². The number of carboxylic acids is 1. The van der Waals surface area contributed by atoms with Crippen LogP contribution in [0.2, 0.25) is 5.02 Å². The first kappa shape index (κ1) is 30.7. The molecule has 2 saturated carbocycles. The number of carbonyl (C=O) groups excluding carboxylic acids is 2. The average Bonchev–Trinajstić information content (AvgIpc) is 3.51. The van der Waals surface area contributed by atoms with Gasteiger partial charge in [0.25, 0.3) is 6.43 Å². The van der Waals surface area contributed by atoms with Crippen molar-refractivity contribution in [2.75, 3.05) is 19.6 Å². The Morgan fingerprint density at radius 1 is 1.25 bits per heavy atom. The van der Waals surface area contributed by atoms with Crippen molar-refractivity contribution in [3.63, 3.8) is 0 Å². The van der Waals surface area contributed by atoms with Gasteiger partial charge in [-0.2, -0.15) is 0 Å². The minimum Gasteiger partial charge on any atom is -0.487 e. The van der Waals surface area contributed by atoms with E-state index in [2.05, 4.69) is 10.3 Å². The number of aryl methyl sites for hydroxylation is 1. The summed E-state index contributed by atoms with van der Waals surface area (Å²) in [6.45, 7) is 2.02. The number of aliphatic hydroxyl groups is 1. The predicted molar refractivity (Wildman–Crippen MR) is 152 cm³/mol. The van der Waals surface area contributed by atoms with Crippen molar-refractivity contribution in [2.45, 2.75) is 77.0 Å². The lowest BCUT2D eigenvalue weighted by atomic mass is 9.64. The average molecular weight is 636 g/mol. The van der Waals surface area contributed by atoms with Crippen molar-refractivity contribution in [3.8, 4) is 5.75 Å². The smallest absolute Gasteiger partial charge is 0.312 e. The molecular weight excluding hydrogens is 600 g/mol. The third kappa shape index (κ3) is 5.11. The molecule has 6 rings (SSSR count). The number of likely N-dealkylation sites (tertiary alicyclic amines) is 1. The van der Waals surface area contributed by atoms with Crippen LogP contribution in [0.4, 0.5) is 8.78 Å². The first-order valence-corrected chi connectivity index (χ1v) is 15.3. The quantitative estimate of drug-likeness (QED) is 0.448. The summed E-state index contributed by atoms with van der Waals surface area (Å²) >= 11 is 6.67. The van der Waals surface area contributed by atoms with Crippen LogP contribution in [0, 0.1) is 16.7 Å². The van der Waals surface area contributed by atoms with Gasteiger partial charge in [-0.1, -0.05) is 23.2 Å². The zero-order chi connectivity index (χ0) is 31.6. The lowest BCUT2D eigenvalue weighted by Gasteiger charge is -2.46. The Morgan fingerprint density at radius 3 is 2.66 bits per heavy atom. The third-order valence-corrected chi connectivity index (χ3v) is 10.6. The van der Waals surface area contributed by atoms with Gasteiger partial charge in [-0.05, 0) is 62.1 Å². The van der Waals surface area contributed by atoms with E-state index in [4.69, 9.17) is 16.3 Å². The van der Waals surface area contributed by atoms with Crippen LogP contribution >= 0.6 is 11.6 Å². The topological polar surface area (TPSA) is 138 Å². The van der Waals surface area contributed by atoms with E-state index in [1.165, 1.54) is 14.0 Å². The first-order valence-electron chi connectivity index (χ1n) is 15.0. The molecule has 1 saturated heterocycles. The zero-order valence-electron chi connectivity index (χ0n) is 24.6. The molecular formula is C30H36ClF2N5O6. The van der Waals surface area contributed by atoms with Crippen LogP contribution in [-0.4, -0.2) is 78.5 Å². The minimum atomic E-state index is -2.82. The van der Waals surface area contributed by atoms with E-state index in [0.717, 1.165) is 17.5 Å². The number of hydrogen-bond acceptors (Lipinski definition) is 7. The number of carboxylic acid groups (broad SMARTS) is 1. The van der Waals surface area contributed by atoms with E-state index in [-0.39, 0.29) is 48.8 Å². The Bertz CT molecular complexity index is 1500. The standard InChI is InChI=1S/C30H36ClF2N5O6/c1-29(28(42)43)17(4-3-5-22(29)39)27(41)38-11-8-16-18(31)6-7-21(44-14-19-25(26(32)33)36(2)35-34-19)24(16)20(38)13-37-15-30(9-10-30)12-23(37)40/h6-7,17,20,22,26,39H,3-5,8-15H2,1-2H3,(H,42,43)/t17-,20+,22-,29+/m0/s1. The Labute approximate surface area is 258 Å². The van der Waals surface area contributed by atoms with E-state index >= 15 is 0 Å². The number of nitrogens with zero attached hydrogens (tertiary/aromatic N) is 5. The molecule has 2 aliphatic heterocycles. The number of benzene rings is 1. The number of rotatable bonds is 8. The lowest BCUT2D eigenvalue weighted by molar-refractivity contribution is -0.173. The molecule has 2 amide bonds. The zero-order valence-corrected chi connectivity index (χ0v) is 25.4. The second-order valence-electron chi connectivity index (χ2n) is 12.9. The van der Waals surface area contributed by atoms with E-state index in [1.54, 1.807) is 21.9 Å². The number of alkyl halides is 2. The fourth-order valence-electron chi connectivity index (χ4n) is 7.37. The molecule has 4 atom stereocenters. The molecule has 0 bridgehead atoms. The van der Waals surface area contributed by atoms with Crippen LogP contribution in [0.25, 0.3) is 0 Å². The Morgan fingerprint density at radius 2 is 2.00 bits per heavy atom. The Kier molecular flexibility index (Phi) is 7.84.